The van der Waals surface area contributed by atoms with Crippen LogP contribution in [0.1, 0.15) is 16.4 Å². The summed E-state index contributed by atoms with van der Waals surface area (Å²) < 4.78 is 15.4. The predicted octanol–water partition coefficient (Wildman–Crippen LogP) is 5.15. The molecule has 4 aromatic rings. The van der Waals surface area contributed by atoms with E-state index in [9.17, 15) is 33.7 Å². The summed E-state index contributed by atoms with van der Waals surface area (Å²) in [7, 11) is 0. The van der Waals surface area contributed by atoms with E-state index in [0.717, 1.165) is 32.5 Å². The van der Waals surface area contributed by atoms with Crippen LogP contribution in [0.5, 0.6) is 0 Å². The lowest BCUT2D eigenvalue weighted by molar-refractivity contribution is -0.384. The first-order valence-corrected chi connectivity index (χ1v) is 14.9. The van der Waals surface area contributed by atoms with Gasteiger partial charge in [-0.25, -0.2) is 9.29 Å². The SMILES string of the molecule is O=C(Cn1c2c(sc1=O)[C@@H](c1ccc(Br)cc1)[C@@H]1C(=O)N(c3ccc([N+](=O)[O-])cc3)C(=O)[C@@H]1S2)Nc1ccc(F)cc1. The number of fused-ring (bicyclic) bond motifs is 2. The maximum Gasteiger partial charge on any atom is 0.308 e. The monoisotopic (exact) mass is 668 g/mol. The highest BCUT2D eigenvalue weighted by molar-refractivity contribution is 9.10. The molecule has 212 valence electrons. The van der Waals surface area contributed by atoms with Crippen molar-refractivity contribution in [2.75, 3.05) is 10.2 Å². The molecule has 0 spiro atoms. The summed E-state index contributed by atoms with van der Waals surface area (Å²) in [5.41, 5.74) is 1.10. The van der Waals surface area contributed by atoms with Gasteiger partial charge in [0.25, 0.3) is 5.69 Å². The number of nitrogens with one attached hydrogen (secondary N) is 1. The van der Waals surface area contributed by atoms with Crippen LogP contribution in [0.3, 0.4) is 0 Å². The van der Waals surface area contributed by atoms with Gasteiger partial charge in [-0.3, -0.25) is 33.9 Å². The number of nitrogens with zero attached hydrogens (tertiary/aromatic N) is 3. The number of non-ortho nitro benzene ring substituents is 1. The summed E-state index contributed by atoms with van der Waals surface area (Å²) in [5.74, 6) is -3.49. The molecule has 1 aromatic heterocycles. The third-order valence-corrected chi connectivity index (χ3v) is 10.2. The van der Waals surface area contributed by atoms with E-state index in [2.05, 4.69) is 21.2 Å². The minimum absolute atomic E-state index is 0.178. The minimum atomic E-state index is -0.908. The fraction of sp³-hybridized carbons (Fsp3) is 0.143. The maximum absolute atomic E-state index is 13.9. The Hall–Kier alpha value is -4.14. The molecule has 1 saturated heterocycles. The van der Waals surface area contributed by atoms with Crippen LogP contribution < -0.4 is 15.1 Å². The number of halogens is 2. The number of anilines is 2. The van der Waals surface area contributed by atoms with Crippen molar-refractivity contribution in [1.29, 1.82) is 0 Å². The molecule has 2 aliphatic rings. The zero-order valence-electron chi connectivity index (χ0n) is 21.2. The zero-order chi connectivity index (χ0) is 29.7. The summed E-state index contributed by atoms with van der Waals surface area (Å²) in [6.07, 6.45) is 0. The standard InChI is InChI=1S/C28H18BrFN4O6S2/c29-15-3-1-14(2-4-15)21-22-23(26(37)33(25(22)36)18-9-11-19(12-10-18)34(39)40)41-27-24(21)42-28(38)32(27)13-20(35)31-17-7-5-16(30)6-8-17/h1-12,21-23H,13H2,(H,31,35)/t21-,22-,23+/m0/s1. The molecule has 42 heavy (non-hydrogen) atoms. The first kappa shape index (κ1) is 28.0. The summed E-state index contributed by atoms with van der Waals surface area (Å²) in [6, 6.07) is 17.6. The van der Waals surface area contributed by atoms with Gasteiger partial charge >= 0.3 is 4.87 Å². The lowest BCUT2D eigenvalue weighted by Crippen LogP contribution is -2.33. The van der Waals surface area contributed by atoms with Crippen LogP contribution in [0.25, 0.3) is 0 Å². The van der Waals surface area contributed by atoms with Gasteiger partial charge in [0.05, 0.1) is 21.6 Å². The van der Waals surface area contributed by atoms with Crippen molar-refractivity contribution in [2.45, 2.75) is 22.7 Å². The Kier molecular flexibility index (Phi) is 7.29. The number of aromatic nitrogens is 1. The van der Waals surface area contributed by atoms with Gasteiger partial charge in [-0.1, -0.05) is 51.2 Å². The van der Waals surface area contributed by atoms with E-state index in [1.54, 1.807) is 12.1 Å². The first-order valence-electron chi connectivity index (χ1n) is 12.5. The summed E-state index contributed by atoms with van der Waals surface area (Å²) >= 11 is 5.39. The quantitative estimate of drug-likeness (QED) is 0.171. The number of imide groups is 1. The molecule has 6 rings (SSSR count). The van der Waals surface area contributed by atoms with Crippen molar-refractivity contribution in [1.82, 2.24) is 4.57 Å². The second-order valence-corrected chi connectivity index (χ2v) is 12.6. The van der Waals surface area contributed by atoms with E-state index < -0.39 is 50.4 Å². The van der Waals surface area contributed by atoms with Crippen LogP contribution in [0, 0.1) is 21.8 Å². The number of hydrogen-bond acceptors (Lipinski definition) is 8. The number of hydrogen-bond donors (Lipinski definition) is 1. The molecule has 0 unspecified atom stereocenters. The molecule has 0 aliphatic carbocycles. The van der Waals surface area contributed by atoms with Gasteiger partial charge in [0.15, 0.2) is 0 Å². The Bertz CT molecular complexity index is 1810. The maximum atomic E-state index is 13.9. The fourth-order valence-electron chi connectivity index (χ4n) is 5.14. The summed E-state index contributed by atoms with van der Waals surface area (Å²) in [6.45, 7) is -0.353. The number of thiazole rings is 1. The van der Waals surface area contributed by atoms with Gasteiger partial charge in [0, 0.05) is 33.1 Å². The Morgan fingerprint density at radius 2 is 1.64 bits per heavy atom. The smallest absolute Gasteiger partial charge is 0.308 e. The van der Waals surface area contributed by atoms with Crippen molar-refractivity contribution < 1.29 is 23.7 Å². The molecule has 2 aliphatic heterocycles. The first-order chi connectivity index (χ1) is 20.1. The van der Waals surface area contributed by atoms with E-state index in [0.29, 0.717) is 21.2 Å². The average Bonchev–Trinajstić information content (AvgIpc) is 3.41. The van der Waals surface area contributed by atoms with Gasteiger partial charge in [-0.15, -0.1) is 0 Å². The number of rotatable bonds is 6. The van der Waals surface area contributed by atoms with Crippen molar-refractivity contribution in [3.63, 3.8) is 0 Å². The van der Waals surface area contributed by atoms with Crippen molar-refractivity contribution in [3.8, 4) is 0 Å². The number of thioether (sulfide) groups is 1. The van der Waals surface area contributed by atoms with Crippen LogP contribution in [0.15, 0.2) is 87.1 Å². The minimum Gasteiger partial charge on any atom is -0.325 e. The van der Waals surface area contributed by atoms with Crippen LogP contribution in [-0.4, -0.2) is 32.5 Å². The Balaban J connectivity index is 1.39. The third kappa shape index (κ3) is 4.95. The molecule has 1 fully saturated rings. The lowest BCUT2D eigenvalue weighted by Gasteiger charge is -2.30. The van der Waals surface area contributed by atoms with Crippen molar-refractivity contribution in [2.24, 2.45) is 5.92 Å². The van der Waals surface area contributed by atoms with E-state index >= 15 is 0 Å². The number of benzene rings is 3. The molecule has 14 heteroatoms. The largest absolute Gasteiger partial charge is 0.325 e. The highest BCUT2D eigenvalue weighted by Gasteiger charge is 2.56. The lowest BCUT2D eigenvalue weighted by atomic mass is 9.83. The van der Waals surface area contributed by atoms with E-state index in [1.165, 1.54) is 53.1 Å². The van der Waals surface area contributed by atoms with Crippen LogP contribution >= 0.6 is 39.0 Å². The number of amides is 3. The molecule has 3 aromatic carbocycles. The van der Waals surface area contributed by atoms with Crippen LogP contribution in [0.4, 0.5) is 21.5 Å². The van der Waals surface area contributed by atoms with Crippen molar-refractivity contribution >= 4 is 73.8 Å². The second kappa shape index (κ2) is 10.9. The van der Waals surface area contributed by atoms with Gasteiger partial charge in [-0.05, 0) is 54.1 Å². The topological polar surface area (TPSA) is 132 Å². The summed E-state index contributed by atoms with van der Waals surface area (Å²) in [4.78, 5) is 65.5. The number of carbonyl (C=O) groups excluding carboxylic acids is 3. The molecule has 3 amide bonds. The number of nitro groups is 1. The van der Waals surface area contributed by atoms with Gasteiger partial charge in [0.2, 0.25) is 17.7 Å². The van der Waals surface area contributed by atoms with E-state index in [4.69, 9.17) is 0 Å². The Labute approximate surface area is 253 Å². The normalized spacial score (nSPS) is 19.4. The zero-order valence-corrected chi connectivity index (χ0v) is 24.4. The van der Waals surface area contributed by atoms with Gasteiger partial charge in [0.1, 0.15) is 17.6 Å². The molecule has 0 saturated carbocycles. The molecule has 10 nitrogen and oxygen atoms in total. The molecule has 3 heterocycles. The van der Waals surface area contributed by atoms with E-state index in [1.807, 2.05) is 12.1 Å². The summed E-state index contributed by atoms with van der Waals surface area (Å²) in [5, 5.41) is 13.3. The average molecular weight is 670 g/mol. The second-order valence-electron chi connectivity index (χ2n) is 9.56. The number of carbonyl (C=O) groups is 3. The van der Waals surface area contributed by atoms with Crippen LogP contribution in [-0.2, 0) is 20.9 Å². The third-order valence-electron chi connectivity index (χ3n) is 7.03. The van der Waals surface area contributed by atoms with Crippen molar-refractivity contribution in [3.05, 3.63) is 113 Å². The molecule has 0 radical (unpaired) electrons. The van der Waals surface area contributed by atoms with Crippen LogP contribution in [0.2, 0.25) is 0 Å². The predicted molar refractivity (Wildman–Crippen MR) is 158 cm³/mol. The Morgan fingerprint density at radius 1 is 0.976 bits per heavy atom. The van der Waals surface area contributed by atoms with E-state index in [-0.39, 0.29) is 17.9 Å². The molecule has 3 atom stereocenters. The highest BCUT2D eigenvalue weighted by atomic mass is 79.9. The molecule has 1 N–H and O–H groups in total. The molecular weight excluding hydrogens is 651 g/mol. The fourth-order valence-corrected chi connectivity index (χ4v) is 8.18. The van der Waals surface area contributed by atoms with Gasteiger partial charge in [-0.2, -0.15) is 0 Å². The number of nitro benzene ring substituents is 1. The molecular formula is C28H18BrFN4O6S2. The highest BCUT2D eigenvalue weighted by Crippen LogP contribution is 2.54. The Morgan fingerprint density at radius 3 is 2.29 bits per heavy atom. The van der Waals surface area contributed by atoms with Gasteiger partial charge < -0.3 is 5.32 Å². The molecule has 0 bridgehead atoms.